The van der Waals surface area contributed by atoms with Gasteiger partial charge in [0.15, 0.2) is 5.82 Å². The lowest BCUT2D eigenvalue weighted by Crippen LogP contribution is -2.36. The highest BCUT2D eigenvalue weighted by atomic mass is 19.1. The highest BCUT2D eigenvalue weighted by Crippen LogP contribution is 2.34. The molecule has 0 bridgehead atoms. The molecule has 88 valence electrons. The first-order chi connectivity index (χ1) is 7.59. The van der Waals surface area contributed by atoms with Crippen molar-refractivity contribution in [3.63, 3.8) is 0 Å². The highest BCUT2D eigenvalue weighted by molar-refractivity contribution is 5.28. The summed E-state index contributed by atoms with van der Waals surface area (Å²) in [5.41, 5.74) is -1.13. The molecule has 0 saturated heterocycles. The first-order valence-corrected chi connectivity index (χ1v) is 5.47. The molecule has 1 aromatic rings. The number of hydrogen-bond acceptors (Lipinski definition) is 3. The third-order valence-electron chi connectivity index (χ3n) is 2.97. The van der Waals surface area contributed by atoms with Crippen molar-refractivity contribution in [1.29, 1.82) is 0 Å². The van der Waals surface area contributed by atoms with Gasteiger partial charge in [0.25, 0.3) is 0 Å². The van der Waals surface area contributed by atoms with E-state index in [2.05, 4.69) is 9.97 Å². The van der Waals surface area contributed by atoms with Crippen LogP contribution >= 0.6 is 0 Å². The van der Waals surface area contributed by atoms with Crippen molar-refractivity contribution in [3.05, 3.63) is 18.2 Å². The van der Waals surface area contributed by atoms with E-state index in [0.29, 0.717) is 18.8 Å². The predicted octanol–water partition coefficient (Wildman–Crippen LogP) is 2.33. The Kier molecular flexibility index (Phi) is 3.03. The molecular formula is C11H15F2N3. The van der Waals surface area contributed by atoms with Crippen molar-refractivity contribution in [2.24, 2.45) is 0 Å². The minimum absolute atomic E-state index is 0.276. The number of halogens is 2. The molecular weight excluding hydrogens is 212 g/mol. The average molecular weight is 227 g/mol. The van der Waals surface area contributed by atoms with Crippen LogP contribution in [0.5, 0.6) is 0 Å². The molecule has 0 atom stereocenters. The van der Waals surface area contributed by atoms with Gasteiger partial charge in [-0.3, -0.25) is 0 Å². The SMILES string of the molecule is CN(CC1(F)CCCC1)c1ncc(F)cn1. The van der Waals surface area contributed by atoms with E-state index in [1.54, 1.807) is 11.9 Å². The molecule has 1 aliphatic rings. The summed E-state index contributed by atoms with van der Waals surface area (Å²) in [5, 5.41) is 0. The van der Waals surface area contributed by atoms with E-state index in [0.717, 1.165) is 25.2 Å². The number of aromatic nitrogens is 2. The summed E-state index contributed by atoms with van der Waals surface area (Å²) in [4.78, 5) is 9.29. The van der Waals surface area contributed by atoms with Crippen LogP contribution in [0.2, 0.25) is 0 Å². The summed E-state index contributed by atoms with van der Waals surface area (Å²) >= 11 is 0. The van der Waals surface area contributed by atoms with E-state index in [4.69, 9.17) is 0 Å². The van der Waals surface area contributed by atoms with Crippen molar-refractivity contribution in [3.8, 4) is 0 Å². The molecule has 0 aliphatic heterocycles. The van der Waals surface area contributed by atoms with E-state index in [-0.39, 0.29) is 6.54 Å². The van der Waals surface area contributed by atoms with Crippen LogP contribution in [0.1, 0.15) is 25.7 Å². The summed E-state index contributed by atoms with van der Waals surface area (Å²) < 4.78 is 26.8. The Morgan fingerprint density at radius 3 is 2.44 bits per heavy atom. The lowest BCUT2D eigenvalue weighted by atomic mass is 10.0. The second-order valence-electron chi connectivity index (χ2n) is 4.42. The molecule has 0 spiro atoms. The fourth-order valence-electron chi connectivity index (χ4n) is 2.17. The van der Waals surface area contributed by atoms with E-state index in [1.807, 2.05) is 0 Å². The van der Waals surface area contributed by atoms with Crippen molar-refractivity contribution >= 4 is 5.95 Å². The molecule has 0 aromatic carbocycles. The molecule has 0 N–H and O–H groups in total. The smallest absolute Gasteiger partial charge is 0.225 e. The van der Waals surface area contributed by atoms with E-state index < -0.39 is 11.5 Å². The van der Waals surface area contributed by atoms with E-state index >= 15 is 0 Å². The fourth-order valence-corrected chi connectivity index (χ4v) is 2.17. The third-order valence-corrected chi connectivity index (χ3v) is 2.97. The summed E-state index contributed by atoms with van der Waals surface area (Å²) in [6, 6.07) is 0. The Hall–Kier alpha value is -1.26. The van der Waals surface area contributed by atoms with Crippen molar-refractivity contribution in [1.82, 2.24) is 9.97 Å². The minimum atomic E-state index is -1.13. The monoisotopic (exact) mass is 227 g/mol. The average Bonchev–Trinajstić information content (AvgIpc) is 2.65. The summed E-state index contributed by atoms with van der Waals surface area (Å²) in [6.45, 7) is 0.276. The van der Waals surface area contributed by atoms with Crippen LogP contribution in [0.4, 0.5) is 14.7 Å². The van der Waals surface area contributed by atoms with Crippen LogP contribution in [-0.4, -0.2) is 29.2 Å². The Morgan fingerprint density at radius 2 is 1.88 bits per heavy atom. The molecule has 3 nitrogen and oxygen atoms in total. The highest BCUT2D eigenvalue weighted by Gasteiger charge is 2.35. The van der Waals surface area contributed by atoms with Gasteiger partial charge in [0.1, 0.15) is 5.67 Å². The van der Waals surface area contributed by atoms with Gasteiger partial charge in [-0.2, -0.15) is 0 Å². The molecule has 0 unspecified atom stereocenters. The summed E-state index contributed by atoms with van der Waals surface area (Å²) in [6.07, 6.45) is 5.26. The van der Waals surface area contributed by atoms with E-state index in [9.17, 15) is 8.78 Å². The maximum atomic E-state index is 14.2. The molecule has 16 heavy (non-hydrogen) atoms. The van der Waals surface area contributed by atoms with Crippen molar-refractivity contribution in [2.75, 3.05) is 18.5 Å². The van der Waals surface area contributed by atoms with Gasteiger partial charge in [0.05, 0.1) is 18.9 Å². The predicted molar refractivity (Wildman–Crippen MR) is 57.6 cm³/mol. The van der Waals surface area contributed by atoms with Gasteiger partial charge in [-0.25, -0.2) is 18.7 Å². The van der Waals surface area contributed by atoms with Gasteiger partial charge in [0, 0.05) is 7.05 Å². The van der Waals surface area contributed by atoms with Crippen LogP contribution in [0.15, 0.2) is 12.4 Å². The summed E-state index contributed by atoms with van der Waals surface area (Å²) in [7, 11) is 1.73. The van der Waals surface area contributed by atoms with Crippen LogP contribution < -0.4 is 4.90 Å². The van der Waals surface area contributed by atoms with Gasteiger partial charge in [0.2, 0.25) is 5.95 Å². The first-order valence-electron chi connectivity index (χ1n) is 5.47. The number of hydrogen-bond donors (Lipinski definition) is 0. The molecule has 1 fully saturated rings. The zero-order valence-corrected chi connectivity index (χ0v) is 9.29. The second kappa shape index (κ2) is 4.31. The Balaban J connectivity index is 2.02. The van der Waals surface area contributed by atoms with Crippen molar-refractivity contribution < 1.29 is 8.78 Å². The number of rotatable bonds is 3. The lowest BCUT2D eigenvalue weighted by molar-refractivity contribution is 0.181. The zero-order chi connectivity index (χ0) is 11.6. The van der Waals surface area contributed by atoms with Crippen LogP contribution in [0.25, 0.3) is 0 Å². The normalized spacial score (nSPS) is 18.7. The first kappa shape index (κ1) is 11.2. The molecule has 1 saturated carbocycles. The van der Waals surface area contributed by atoms with Gasteiger partial charge in [-0.1, -0.05) is 12.8 Å². The van der Waals surface area contributed by atoms with E-state index in [1.165, 1.54) is 0 Å². The van der Waals surface area contributed by atoms with Crippen LogP contribution in [-0.2, 0) is 0 Å². The largest absolute Gasteiger partial charge is 0.341 e. The topological polar surface area (TPSA) is 29.0 Å². The Morgan fingerprint density at radius 1 is 1.31 bits per heavy atom. The molecule has 1 heterocycles. The van der Waals surface area contributed by atoms with Crippen LogP contribution in [0.3, 0.4) is 0 Å². The summed E-state index contributed by atoms with van der Waals surface area (Å²) in [5.74, 6) is -0.113. The molecule has 2 rings (SSSR count). The lowest BCUT2D eigenvalue weighted by Gasteiger charge is -2.26. The van der Waals surface area contributed by atoms with Gasteiger partial charge in [-0.15, -0.1) is 0 Å². The number of alkyl halides is 1. The minimum Gasteiger partial charge on any atom is -0.341 e. The van der Waals surface area contributed by atoms with Crippen LogP contribution in [0, 0.1) is 5.82 Å². The molecule has 1 aliphatic carbocycles. The maximum Gasteiger partial charge on any atom is 0.225 e. The molecule has 5 heteroatoms. The quantitative estimate of drug-likeness (QED) is 0.793. The molecule has 0 radical (unpaired) electrons. The zero-order valence-electron chi connectivity index (χ0n) is 9.29. The van der Waals surface area contributed by atoms with Gasteiger partial charge < -0.3 is 4.90 Å². The van der Waals surface area contributed by atoms with Gasteiger partial charge >= 0.3 is 0 Å². The second-order valence-corrected chi connectivity index (χ2v) is 4.42. The maximum absolute atomic E-state index is 14.2. The van der Waals surface area contributed by atoms with Crippen molar-refractivity contribution in [2.45, 2.75) is 31.4 Å². The Bertz CT molecular complexity index is 347. The third kappa shape index (κ3) is 2.46. The number of nitrogens with zero attached hydrogens (tertiary/aromatic N) is 3. The fraction of sp³-hybridized carbons (Fsp3) is 0.636. The standard InChI is InChI=1S/C11H15F2N3/c1-16(8-11(13)4-2-3-5-11)10-14-6-9(12)7-15-10/h6-7H,2-5,8H2,1H3. The number of anilines is 1. The molecule has 0 amide bonds. The van der Waals surface area contributed by atoms with Gasteiger partial charge in [-0.05, 0) is 12.8 Å². The molecule has 1 aromatic heterocycles. The Labute approximate surface area is 93.5 Å².